The average Bonchev–Trinajstić information content (AvgIpc) is 2.88. The Bertz CT molecular complexity index is 995. The number of hydrogen-bond donors (Lipinski definition) is 1. The minimum Gasteiger partial charge on any atom is -0.350 e. The lowest BCUT2D eigenvalue weighted by atomic mass is 10.1. The molecule has 0 aromatic heterocycles. The van der Waals surface area contributed by atoms with Gasteiger partial charge in [-0.25, -0.2) is 0 Å². The molecule has 0 atom stereocenters. The van der Waals surface area contributed by atoms with Crippen molar-refractivity contribution >= 4 is 39.9 Å². The molecule has 2 amide bonds. The number of amides is 2. The zero-order valence-electron chi connectivity index (χ0n) is 13.3. The van der Waals surface area contributed by atoms with E-state index in [0.717, 1.165) is 22.0 Å². The highest BCUT2D eigenvalue weighted by molar-refractivity contribution is 6.30. The summed E-state index contributed by atoms with van der Waals surface area (Å²) in [7, 11) is 0. The van der Waals surface area contributed by atoms with E-state index in [-0.39, 0.29) is 18.4 Å². The minimum atomic E-state index is -0.210. The second kappa shape index (κ2) is 6.22. The molecular formula is C20H15ClN2O2. The highest BCUT2D eigenvalue weighted by Crippen LogP contribution is 2.36. The molecule has 0 unspecified atom stereocenters. The summed E-state index contributed by atoms with van der Waals surface area (Å²) >= 11 is 5.95. The number of nitrogens with one attached hydrogen (secondary N) is 1. The fourth-order valence-electron chi connectivity index (χ4n) is 3.18. The van der Waals surface area contributed by atoms with Crippen molar-refractivity contribution in [1.29, 1.82) is 0 Å². The molecule has 1 heterocycles. The Hall–Kier alpha value is -2.85. The van der Waals surface area contributed by atoms with E-state index in [0.29, 0.717) is 17.1 Å². The first kappa shape index (κ1) is 15.7. The van der Waals surface area contributed by atoms with E-state index < -0.39 is 0 Å². The van der Waals surface area contributed by atoms with Crippen molar-refractivity contribution in [1.82, 2.24) is 5.32 Å². The Balaban J connectivity index is 1.51. The summed E-state index contributed by atoms with van der Waals surface area (Å²) in [4.78, 5) is 26.5. The third kappa shape index (κ3) is 2.85. The molecule has 1 aliphatic rings. The van der Waals surface area contributed by atoms with Crippen LogP contribution in [0.5, 0.6) is 0 Å². The van der Waals surface area contributed by atoms with Crippen LogP contribution in [0.3, 0.4) is 0 Å². The summed E-state index contributed by atoms with van der Waals surface area (Å²) in [6.07, 6.45) is 0. The topological polar surface area (TPSA) is 49.4 Å². The Morgan fingerprint density at radius 1 is 1.04 bits per heavy atom. The Morgan fingerprint density at radius 3 is 2.60 bits per heavy atom. The van der Waals surface area contributed by atoms with Crippen molar-refractivity contribution in [2.75, 3.05) is 11.4 Å². The highest BCUT2D eigenvalue weighted by Gasteiger charge is 2.30. The molecule has 5 heteroatoms. The standard InChI is InChI=1S/C20H15ClN2O2/c21-15-7-1-4-13(10-15)11-22-18(24)12-23-17-9-3-6-14-5-2-8-16(19(14)17)20(23)25/h1-10H,11-12H2,(H,22,24). The van der Waals surface area contributed by atoms with E-state index in [1.165, 1.54) is 4.90 Å². The lowest BCUT2D eigenvalue weighted by Crippen LogP contribution is -2.38. The van der Waals surface area contributed by atoms with E-state index in [4.69, 9.17) is 11.6 Å². The molecule has 25 heavy (non-hydrogen) atoms. The molecule has 1 aliphatic heterocycles. The first-order chi connectivity index (χ1) is 12.1. The summed E-state index contributed by atoms with van der Waals surface area (Å²) in [5, 5.41) is 5.39. The van der Waals surface area contributed by atoms with E-state index in [1.54, 1.807) is 18.2 Å². The van der Waals surface area contributed by atoms with Gasteiger partial charge < -0.3 is 5.32 Å². The summed E-state index contributed by atoms with van der Waals surface area (Å²) < 4.78 is 0. The number of halogens is 1. The highest BCUT2D eigenvalue weighted by atomic mass is 35.5. The zero-order chi connectivity index (χ0) is 17.4. The van der Waals surface area contributed by atoms with Crippen molar-refractivity contribution in [3.05, 3.63) is 76.8 Å². The third-order valence-electron chi connectivity index (χ3n) is 4.33. The van der Waals surface area contributed by atoms with E-state index in [2.05, 4.69) is 5.32 Å². The summed E-state index contributed by atoms with van der Waals surface area (Å²) in [5.41, 5.74) is 2.35. The van der Waals surface area contributed by atoms with Crippen molar-refractivity contribution in [2.24, 2.45) is 0 Å². The molecule has 0 fully saturated rings. The van der Waals surface area contributed by atoms with Gasteiger partial charge in [-0.2, -0.15) is 0 Å². The van der Waals surface area contributed by atoms with Crippen LogP contribution >= 0.6 is 11.6 Å². The van der Waals surface area contributed by atoms with Crippen LogP contribution in [0, 0.1) is 0 Å². The monoisotopic (exact) mass is 350 g/mol. The molecule has 1 N–H and O–H groups in total. The van der Waals surface area contributed by atoms with E-state index in [1.807, 2.05) is 42.5 Å². The number of benzene rings is 3. The lowest BCUT2D eigenvalue weighted by Gasteiger charge is -2.17. The van der Waals surface area contributed by atoms with Gasteiger partial charge in [-0.1, -0.05) is 48.0 Å². The number of hydrogen-bond acceptors (Lipinski definition) is 2. The predicted molar refractivity (Wildman–Crippen MR) is 98.9 cm³/mol. The molecule has 4 nitrogen and oxygen atoms in total. The second-order valence-electron chi connectivity index (χ2n) is 5.98. The largest absolute Gasteiger partial charge is 0.350 e. The van der Waals surface area contributed by atoms with Crippen molar-refractivity contribution < 1.29 is 9.59 Å². The van der Waals surface area contributed by atoms with E-state index in [9.17, 15) is 9.59 Å². The number of carbonyl (C=O) groups excluding carboxylic acids is 2. The first-order valence-corrected chi connectivity index (χ1v) is 8.36. The lowest BCUT2D eigenvalue weighted by molar-refractivity contribution is -0.119. The van der Waals surface area contributed by atoms with Crippen LogP contribution in [0.4, 0.5) is 5.69 Å². The smallest absolute Gasteiger partial charge is 0.259 e. The molecule has 0 radical (unpaired) electrons. The van der Waals surface area contributed by atoms with Gasteiger partial charge in [-0.3, -0.25) is 14.5 Å². The maximum absolute atomic E-state index is 12.7. The molecule has 3 aromatic carbocycles. The molecule has 124 valence electrons. The quantitative estimate of drug-likeness (QED) is 0.778. The fraction of sp³-hybridized carbons (Fsp3) is 0.100. The Labute approximate surface area is 150 Å². The predicted octanol–water partition coefficient (Wildman–Crippen LogP) is 3.77. The number of carbonyl (C=O) groups is 2. The van der Waals surface area contributed by atoms with Crippen molar-refractivity contribution in [3.8, 4) is 0 Å². The maximum atomic E-state index is 12.7. The number of rotatable bonds is 4. The van der Waals surface area contributed by atoms with Gasteiger partial charge in [-0.05, 0) is 35.2 Å². The van der Waals surface area contributed by atoms with Gasteiger partial charge in [0.25, 0.3) is 5.91 Å². The maximum Gasteiger partial charge on any atom is 0.259 e. The third-order valence-corrected chi connectivity index (χ3v) is 4.56. The van der Waals surface area contributed by atoms with Crippen molar-refractivity contribution in [2.45, 2.75) is 6.54 Å². The molecule has 0 aliphatic carbocycles. The molecule has 0 saturated carbocycles. The number of anilines is 1. The summed E-state index contributed by atoms with van der Waals surface area (Å²) in [5.74, 6) is -0.345. The molecule has 0 bridgehead atoms. The Kier molecular flexibility index (Phi) is 3.90. The van der Waals surface area contributed by atoms with Gasteiger partial charge in [0.05, 0.1) is 5.69 Å². The van der Waals surface area contributed by atoms with Crippen LogP contribution in [-0.2, 0) is 11.3 Å². The molecular weight excluding hydrogens is 336 g/mol. The van der Waals surface area contributed by atoms with Crippen LogP contribution < -0.4 is 10.2 Å². The van der Waals surface area contributed by atoms with Gasteiger partial charge in [0.2, 0.25) is 5.91 Å². The minimum absolute atomic E-state index is 0.00675. The summed E-state index contributed by atoms with van der Waals surface area (Å²) in [6.45, 7) is 0.367. The fourth-order valence-corrected chi connectivity index (χ4v) is 3.40. The van der Waals surface area contributed by atoms with Gasteiger partial charge in [-0.15, -0.1) is 0 Å². The van der Waals surface area contributed by atoms with Crippen LogP contribution in [-0.4, -0.2) is 18.4 Å². The molecule has 4 rings (SSSR count). The van der Waals surface area contributed by atoms with Crippen LogP contribution in [0.15, 0.2) is 60.7 Å². The normalized spacial score (nSPS) is 12.7. The van der Waals surface area contributed by atoms with Gasteiger partial charge in [0.15, 0.2) is 0 Å². The van der Waals surface area contributed by atoms with Crippen LogP contribution in [0.2, 0.25) is 5.02 Å². The molecule has 0 saturated heterocycles. The van der Waals surface area contributed by atoms with Gasteiger partial charge in [0, 0.05) is 22.5 Å². The number of nitrogens with zero attached hydrogens (tertiary/aromatic N) is 1. The van der Waals surface area contributed by atoms with Gasteiger partial charge >= 0.3 is 0 Å². The zero-order valence-corrected chi connectivity index (χ0v) is 14.1. The van der Waals surface area contributed by atoms with Crippen LogP contribution in [0.25, 0.3) is 10.8 Å². The summed E-state index contributed by atoms with van der Waals surface area (Å²) in [6, 6.07) is 18.7. The molecule has 3 aromatic rings. The first-order valence-electron chi connectivity index (χ1n) is 7.98. The van der Waals surface area contributed by atoms with Crippen LogP contribution in [0.1, 0.15) is 15.9 Å². The Morgan fingerprint density at radius 2 is 1.80 bits per heavy atom. The van der Waals surface area contributed by atoms with Crippen molar-refractivity contribution in [3.63, 3.8) is 0 Å². The average molecular weight is 351 g/mol. The SMILES string of the molecule is O=C(CN1C(=O)c2cccc3cccc1c23)NCc1cccc(Cl)c1. The second-order valence-corrected chi connectivity index (χ2v) is 6.42. The van der Waals surface area contributed by atoms with E-state index >= 15 is 0 Å². The molecule has 0 spiro atoms. The van der Waals surface area contributed by atoms with Gasteiger partial charge in [0.1, 0.15) is 6.54 Å².